The van der Waals surface area contributed by atoms with Crippen molar-refractivity contribution in [1.82, 2.24) is 19.2 Å². The topological polar surface area (TPSA) is 90.5 Å². The number of nitrogens with zero attached hydrogens (tertiary/aromatic N) is 4. The number of nitrogens with one attached hydrogen (secondary N) is 1. The van der Waals surface area contributed by atoms with Crippen LogP contribution in [0.4, 0.5) is 5.69 Å². The maximum absolute atomic E-state index is 12.7. The second-order valence-corrected chi connectivity index (χ2v) is 7.15. The minimum absolute atomic E-state index is 0.174. The molecule has 2 aromatic heterocycles. The minimum Gasteiger partial charge on any atom is -0.436 e. The Labute approximate surface area is 176 Å². The van der Waals surface area contributed by atoms with Crippen molar-refractivity contribution in [3.63, 3.8) is 0 Å². The first-order chi connectivity index (χ1) is 14.4. The van der Waals surface area contributed by atoms with Gasteiger partial charge in [-0.05, 0) is 43.2 Å². The molecule has 0 aliphatic heterocycles. The monoisotopic (exact) mass is 423 g/mol. The maximum Gasteiger partial charge on any atom is 0.351 e. The molecule has 4 rings (SSSR count). The smallest absolute Gasteiger partial charge is 0.351 e. The van der Waals surface area contributed by atoms with Gasteiger partial charge in [-0.3, -0.25) is 4.79 Å². The maximum atomic E-state index is 12.7. The van der Waals surface area contributed by atoms with Crippen LogP contribution in [-0.4, -0.2) is 25.1 Å². The fourth-order valence-electron chi connectivity index (χ4n) is 2.88. The molecule has 0 fully saturated rings. The lowest BCUT2D eigenvalue weighted by Crippen LogP contribution is -2.28. The Morgan fingerprint density at radius 2 is 1.97 bits per heavy atom. The highest BCUT2D eigenvalue weighted by molar-refractivity contribution is 6.31. The highest BCUT2D eigenvalue weighted by Gasteiger charge is 2.16. The van der Waals surface area contributed by atoms with Crippen LogP contribution in [0, 0.1) is 13.8 Å². The molecule has 152 valence electrons. The number of halogens is 1. The van der Waals surface area contributed by atoms with Gasteiger partial charge in [-0.25, -0.2) is 18.9 Å². The second-order valence-electron chi connectivity index (χ2n) is 6.75. The average Bonchev–Trinajstić information content (AvgIpc) is 3.03. The normalized spacial score (nSPS) is 10.9. The lowest BCUT2D eigenvalue weighted by Gasteiger charge is -2.07. The van der Waals surface area contributed by atoms with Gasteiger partial charge in [0.2, 0.25) is 11.6 Å². The molecule has 0 atom stereocenters. The summed E-state index contributed by atoms with van der Waals surface area (Å²) in [5.74, 6) is 0.372. The number of ether oxygens (including phenoxy) is 1. The number of carbonyl (C=O) groups excluding carboxylic acids is 1. The lowest BCUT2D eigenvalue weighted by molar-refractivity contribution is -0.117. The van der Waals surface area contributed by atoms with Crippen molar-refractivity contribution < 1.29 is 9.53 Å². The number of rotatable bonds is 5. The molecule has 1 N–H and O–H groups in total. The third-order valence-corrected chi connectivity index (χ3v) is 4.93. The van der Waals surface area contributed by atoms with Crippen molar-refractivity contribution in [1.29, 1.82) is 0 Å². The summed E-state index contributed by atoms with van der Waals surface area (Å²) >= 11 is 6.09. The standard InChI is InChI=1S/C21H18ClN5O3/c1-13-7-8-15(11-16(13)22)24-18(28)12-27-21(29)26-10-9-23-20(19(26)25-27)30-17-6-4-3-5-14(17)2/h3-11H,12H2,1-2H3,(H,24,28). The summed E-state index contributed by atoms with van der Waals surface area (Å²) in [4.78, 5) is 29.3. The number of benzene rings is 2. The third kappa shape index (κ3) is 3.90. The molecule has 9 heteroatoms. The number of anilines is 1. The fraction of sp³-hybridized carbons (Fsp3) is 0.143. The van der Waals surface area contributed by atoms with Crippen LogP contribution in [0.2, 0.25) is 5.02 Å². The van der Waals surface area contributed by atoms with Gasteiger partial charge < -0.3 is 10.1 Å². The Hall–Kier alpha value is -3.65. The van der Waals surface area contributed by atoms with E-state index in [1.807, 2.05) is 32.0 Å². The lowest BCUT2D eigenvalue weighted by atomic mass is 10.2. The summed E-state index contributed by atoms with van der Waals surface area (Å²) in [6, 6.07) is 12.6. The van der Waals surface area contributed by atoms with E-state index in [2.05, 4.69) is 15.4 Å². The third-order valence-electron chi connectivity index (χ3n) is 4.52. The summed E-state index contributed by atoms with van der Waals surface area (Å²) in [6.07, 6.45) is 2.92. The first-order valence-corrected chi connectivity index (χ1v) is 9.54. The molecular weight excluding hydrogens is 406 g/mol. The van der Waals surface area contributed by atoms with Crippen LogP contribution in [0.15, 0.2) is 59.7 Å². The Balaban J connectivity index is 1.60. The molecule has 30 heavy (non-hydrogen) atoms. The fourth-order valence-corrected chi connectivity index (χ4v) is 3.06. The first-order valence-electron chi connectivity index (χ1n) is 9.16. The minimum atomic E-state index is -0.473. The molecule has 0 bridgehead atoms. The van der Waals surface area contributed by atoms with Crippen molar-refractivity contribution in [2.75, 3.05) is 5.32 Å². The van der Waals surface area contributed by atoms with Gasteiger partial charge in [-0.15, -0.1) is 5.10 Å². The van der Waals surface area contributed by atoms with Gasteiger partial charge in [0, 0.05) is 23.1 Å². The van der Waals surface area contributed by atoms with E-state index in [9.17, 15) is 9.59 Å². The molecule has 0 aliphatic carbocycles. The van der Waals surface area contributed by atoms with Crippen LogP contribution in [0.1, 0.15) is 11.1 Å². The number of carbonyl (C=O) groups is 1. The van der Waals surface area contributed by atoms with Gasteiger partial charge in [-0.2, -0.15) is 0 Å². The van der Waals surface area contributed by atoms with E-state index in [-0.39, 0.29) is 18.1 Å². The zero-order valence-corrected chi connectivity index (χ0v) is 17.1. The van der Waals surface area contributed by atoms with Crippen molar-refractivity contribution >= 4 is 28.8 Å². The molecule has 4 aromatic rings. The van der Waals surface area contributed by atoms with Gasteiger partial charge in [-0.1, -0.05) is 35.9 Å². The number of aryl methyl sites for hydroxylation is 2. The largest absolute Gasteiger partial charge is 0.436 e. The van der Waals surface area contributed by atoms with Gasteiger partial charge in [0.25, 0.3) is 5.88 Å². The molecule has 8 nitrogen and oxygen atoms in total. The van der Waals surface area contributed by atoms with Gasteiger partial charge in [0.05, 0.1) is 0 Å². The number of fused-ring (bicyclic) bond motifs is 1. The Morgan fingerprint density at radius 1 is 1.17 bits per heavy atom. The number of aromatic nitrogens is 4. The summed E-state index contributed by atoms with van der Waals surface area (Å²) in [6.45, 7) is 3.51. The van der Waals surface area contributed by atoms with E-state index < -0.39 is 11.6 Å². The van der Waals surface area contributed by atoms with E-state index in [0.29, 0.717) is 16.5 Å². The zero-order valence-electron chi connectivity index (χ0n) is 16.3. The molecule has 2 aromatic carbocycles. The van der Waals surface area contributed by atoms with E-state index in [1.165, 1.54) is 16.8 Å². The van der Waals surface area contributed by atoms with Crippen LogP contribution in [0.3, 0.4) is 0 Å². The summed E-state index contributed by atoms with van der Waals surface area (Å²) in [5.41, 5.74) is 2.10. The SMILES string of the molecule is Cc1ccc(NC(=O)Cn2nc3c(Oc4ccccc4C)nccn3c2=O)cc1Cl. The van der Waals surface area contributed by atoms with E-state index >= 15 is 0 Å². The number of hydrogen-bond acceptors (Lipinski definition) is 5. The van der Waals surface area contributed by atoms with Crippen LogP contribution in [0.25, 0.3) is 5.65 Å². The predicted molar refractivity (Wildman–Crippen MR) is 113 cm³/mol. The first kappa shape index (κ1) is 19.7. The molecule has 0 unspecified atom stereocenters. The second kappa shape index (κ2) is 8.00. The number of para-hydroxylation sites is 1. The van der Waals surface area contributed by atoms with Crippen LogP contribution >= 0.6 is 11.6 Å². The van der Waals surface area contributed by atoms with Crippen molar-refractivity contribution in [2.45, 2.75) is 20.4 Å². The molecule has 0 saturated carbocycles. The van der Waals surface area contributed by atoms with Crippen molar-refractivity contribution in [2.24, 2.45) is 0 Å². The quantitative estimate of drug-likeness (QED) is 0.529. The Bertz CT molecular complexity index is 1310. The molecule has 0 aliphatic rings. The van der Waals surface area contributed by atoms with Crippen LogP contribution in [0.5, 0.6) is 11.6 Å². The number of hydrogen-bond donors (Lipinski definition) is 1. The molecule has 0 saturated heterocycles. The summed E-state index contributed by atoms with van der Waals surface area (Å²) in [7, 11) is 0. The highest BCUT2D eigenvalue weighted by Crippen LogP contribution is 2.25. The van der Waals surface area contributed by atoms with Crippen LogP contribution < -0.4 is 15.7 Å². The van der Waals surface area contributed by atoms with E-state index in [1.54, 1.807) is 24.3 Å². The van der Waals surface area contributed by atoms with Crippen molar-refractivity contribution in [3.05, 3.63) is 81.5 Å². The average molecular weight is 424 g/mol. The molecule has 0 radical (unpaired) electrons. The molecule has 2 heterocycles. The summed E-state index contributed by atoms with van der Waals surface area (Å²) < 4.78 is 8.20. The van der Waals surface area contributed by atoms with E-state index in [4.69, 9.17) is 16.3 Å². The summed E-state index contributed by atoms with van der Waals surface area (Å²) in [5, 5.41) is 7.50. The molecular formula is C21H18ClN5O3. The Morgan fingerprint density at radius 3 is 2.73 bits per heavy atom. The Kier molecular flexibility index (Phi) is 5.24. The van der Waals surface area contributed by atoms with Gasteiger partial charge in [0.15, 0.2) is 0 Å². The molecule has 1 amide bonds. The van der Waals surface area contributed by atoms with Crippen LogP contribution in [-0.2, 0) is 11.3 Å². The molecule has 0 spiro atoms. The highest BCUT2D eigenvalue weighted by atomic mass is 35.5. The predicted octanol–water partition coefficient (Wildman–Crippen LogP) is 3.59. The van der Waals surface area contributed by atoms with E-state index in [0.717, 1.165) is 15.8 Å². The number of amides is 1. The zero-order chi connectivity index (χ0) is 21.3. The van der Waals surface area contributed by atoms with Gasteiger partial charge in [0.1, 0.15) is 12.3 Å². The van der Waals surface area contributed by atoms with Crippen molar-refractivity contribution in [3.8, 4) is 11.6 Å². The van der Waals surface area contributed by atoms with Gasteiger partial charge >= 0.3 is 5.69 Å².